The highest BCUT2D eigenvalue weighted by atomic mass is 32.1. The predicted octanol–water partition coefficient (Wildman–Crippen LogP) is 4.21. The molecular weight excluding hydrogens is 332 g/mol. The zero-order valence-electron chi connectivity index (χ0n) is 12.6. The molecule has 23 heavy (non-hydrogen) atoms. The molecule has 2 heterocycles. The number of hydrogen-bond acceptors (Lipinski definition) is 6. The fourth-order valence-electron chi connectivity index (χ4n) is 2.02. The third kappa shape index (κ3) is 3.40. The van der Waals surface area contributed by atoms with Crippen molar-refractivity contribution in [2.75, 3.05) is 11.9 Å². The lowest BCUT2D eigenvalue weighted by Crippen LogP contribution is -2.09. The number of amides is 1. The van der Waals surface area contributed by atoms with E-state index in [1.165, 1.54) is 29.6 Å². The van der Waals surface area contributed by atoms with Crippen LogP contribution in [0.5, 0.6) is 5.75 Å². The third-order valence-electron chi connectivity index (χ3n) is 3.07. The van der Waals surface area contributed by atoms with Gasteiger partial charge in [-0.15, -0.1) is 11.3 Å². The molecule has 1 N–H and O–H groups in total. The molecule has 3 aromatic rings. The Labute approximate surface area is 140 Å². The number of carbonyl (C=O) groups excluding carboxylic acids is 2. The Bertz CT molecular complexity index is 882. The molecule has 0 atom stereocenters. The van der Waals surface area contributed by atoms with Crippen LogP contribution >= 0.6 is 22.7 Å². The van der Waals surface area contributed by atoms with Crippen LogP contribution in [-0.4, -0.2) is 23.3 Å². The van der Waals surface area contributed by atoms with E-state index < -0.39 is 0 Å². The number of rotatable bonds is 5. The van der Waals surface area contributed by atoms with Crippen LogP contribution in [0, 0.1) is 0 Å². The second kappa shape index (κ2) is 6.47. The van der Waals surface area contributed by atoms with Crippen molar-refractivity contribution in [2.24, 2.45) is 0 Å². The van der Waals surface area contributed by atoms with E-state index in [1.807, 2.05) is 25.1 Å². The lowest BCUT2D eigenvalue weighted by atomic mass is 10.3. The summed E-state index contributed by atoms with van der Waals surface area (Å²) in [4.78, 5) is 29.0. The van der Waals surface area contributed by atoms with Crippen molar-refractivity contribution < 1.29 is 14.3 Å². The molecule has 1 amide bonds. The number of hydrogen-bond donors (Lipinski definition) is 1. The number of thiazole rings is 1. The zero-order chi connectivity index (χ0) is 16.4. The van der Waals surface area contributed by atoms with Crippen molar-refractivity contribution in [3.05, 3.63) is 40.1 Å². The van der Waals surface area contributed by atoms with Gasteiger partial charge in [-0.1, -0.05) is 11.3 Å². The van der Waals surface area contributed by atoms with Gasteiger partial charge in [-0.05, 0) is 44.2 Å². The highest BCUT2D eigenvalue weighted by molar-refractivity contribution is 7.22. The van der Waals surface area contributed by atoms with Crippen LogP contribution in [0.4, 0.5) is 5.13 Å². The lowest BCUT2D eigenvalue weighted by Gasteiger charge is -2.00. The van der Waals surface area contributed by atoms with E-state index >= 15 is 0 Å². The van der Waals surface area contributed by atoms with Gasteiger partial charge in [0.1, 0.15) is 5.75 Å². The van der Waals surface area contributed by atoms with Gasteiger partial charge in [0.2, 0.25) is 0 Å². The quantitative estimate of drug-likeness (QED) is 0.703. The molecule has 0 saturated carbocycles. The van der Waals surface area contributed by atoms with Gasteiger partial charge in [-0.3, -0.25) is 14.9 Å². The first-order chi connectivity index (χ1) is 11.1. The molecule has 0 saturated heterocycles. The summed E-state index contributed by atoms with van der Waals surface area (Å²) in [7, 11) is 0. The van der Waals surface area contributed by atoms with Gasteiger partial charge >= 0.3 is 0 Å². The number of fused-ring (bicyclic) bond motifs is 1. The molecule has 0 aliphatic carbocycles. The first-order valence-electron chi connectivity index (χ1n) is 7.02. The maximum absolute atomic E-state index is 12.2. The molecule has 0 bridgehead atoms. The third-order valence-corrected chi connectivity index (χ3v) is 5.19. The summed E-state index contributed by atoms with van der Waals surface area (Å²) < 4.78 is 6.41. The summed E-state index contributed by atoms with van der Waals surface area (Å²) in [6.45, 7) is 4.01. The van der Waals surface area contributed by atoms with Crippen molar-refractivity contribution >= 4 is 49.7 Å². The maximum Gasteiger partial charge on any atom is 0.267 e. The second-order valence-electron chi connectivity index (χ2n) is 4.76. The molecule has 0 aliphatic rings. The lowest BCUT2D eigenvalue weighted by molar-refractivity contribution is 0.101. The van der Waals surface area contributed by atoms with Gasteiger partial charge in [0.15, 0.2) is 10.9 Å². The number of nitrogens with one attached hydrogen (secondary N) is 1. The largest absolute Gasteiger partial charge is 0.494 e. The van der Waals surface area contributed by atoms with Crippen LogP contribution in [0.3, 0.4) is 0 Å². The number of Topliss-reactive ketones (excluding diaryl/α,β-unsaturated/α-hetero) is 1. The molecule has 5 nitrogen and oxygen atoms in total. The predicted molar refractivity (Wildman–Crippen MR) is 93.1 cm³/mol. The number of anilines is 1. The normalized spacial score (nSPS) is 10.7. The van der Waals surface area contributed by atoms with E-state index in [0.717, 1.165) is 16.0 Å². The molecule has 2 aromatic heterocycles. The smallest absolute Gasteiger partial charge is 0.267 e. The number of carbonyl (C=O) groups is 2. The van der Waals surface area contributed by atoms with Gasteiger partial charge in [0, 0.05) is 0 Å². The first-order valence-corrected chi connectivity index (χ1v) is 8.65. The number of thiophene rings is 1. The Balaban J connectivity index is 1.80. The molecular formula is C16H14N2O3S2. The summed E-state index contributed by atoms with van der Waals surface area (Å²) in [6.07, 6.45) is 0. The molecule has 118 valence electrons. The van der Waals surface area contributed by atoms with Crippen LogP contribution in [-0.2, 0) is 0 Å². The summed E-state index contributed by atoms with van der Waals surface area (Å²) in [5.41, 5.74) is 0.810. The minimum Gasteiger partial charge on any atom is -0.494 e. The first kappa shape index (κ1) is 15.6. The Kier molecular flexibility index (Phi) is 4.40. The molecule has 0 aliphatic heterocycles. The average Bonchev–Trinajstić information content (AvgIpc) is 3.13. The molecule has 0 fully saturated rings. The Morgan fingerprint density at radius 3 is 2.65 bits per heavy atom. The Morgan fingerprint density at radius 2 is 1.96 bits per heavy atom. The van der Waals surface area contributed by atoms with Crippen LogP contribution < -0.4 is 10.1 Å². The minimum absolute atomic E-state index is 0.0440. The van der Waals surface area contributed by atoms with E-state index in [9.17, 15) is 9.59 Å². The van der Waals surface area contributed by atoms with Crippen molar-refractivity contribution in [1.82, 2.24) is 4.98 Å². The highest BCUT2D eigenvalue weighted by Gasteiger charge is 2.14. The van der Waals surface area contributed by atoms with Gasteiger partial charge in [-0.2, -0.15) is 0 Å². The molecule has 7 heteroatoms. The fraction of sp³-hybridized carbons (Fsp3) is 0.188. The van der Waals surface area contributed by atoms with E-state index in [-0.39, 0.29) is 11.7 Å². The number of nitrogens with zero attached hydrogens (tertiary/aromatic N) is 1. The monoisotopic (exact) mass is 346 g/mol. The Hall–Kier alpha value is -2.25. The van der Waals surface area contributed by atoms with Crippen molar-refractivity contribution in [1.29, 1.82) is 0 Å². The van der Waals surface area contributed by atoms with E-state index in [2.05, 4.69) is 10.3 Å². The number of benzene rings is 1. The van der Waals surface area contributed by atoms with E-state index in [4.69, 9.17) is 4.74 Å². The number of ketones is 1. The van der Waals surface area contributed by atoms with Crippen LogP contribution in [0.25, 0.3) is 10.2 Å². The Morgan fingerprint density at radius 1 is 1.17 bits per heavy atom. The van der Waals surface area contributed by atoms with Crippen molar-refractivity contribution in [3.63, 3.8) is 0 Å². The van der Waals surface area contributed by atoms with Crippen molar-refractivity contribution in [3.8, 4) is 5.75 Å². The van der Waals surface area contributed by atoms with Crippen LogP contribution in [0.2, 0.25) is 0 Å². The topological polar surface area (TPSA) is 68.3 Å². The standard InChI is InChI=1S/C16H14N2O3S2/c1-3-21-10-4-5-11-14(8-10)23-16(17-11)18-15(20)13-7-6-12(22-13)9(2)19/h4-8H,3H2,1-2H3,(H,17,18,20). The van der Waals surface area contributed by atoms with Gasteiger partial charge in [-0.25, -0.2) is 4.98 Å². The minimum atomic E-state index is -0.258. The summed E-state index contributed by atoms with van der Waals surface area (Å²) >= 11 is 2.57. The molecule has 0 spiro atoms. The molecule has 1 aromatic carbocycles. The van der Waals surface area contributed by atoms with E-state index in [1.54, 1.807) is 12.1 Å². The average molecular weight is 346 g/mol. The van der Waals surface area contributed by atoms with Gasteiger partial charge in [0.25, 0.3) is 5.91 Å². The summed E-state index contributed by atoms with van der Waals surface area (Å²) in [5, 5.41) is 3.30. The molecule has 0 radical (unpaired) electrons. The highest BCUT2D eigenvalue weighted by Crippen LogP contribution is 2.30. The fourth-order valence-corrected chi connectivity index (χ4v) is 3.71. The maximum atomic E-state index is 12.2. The number of ether oxygens (including phenoxy) is 1. The van der Waals surface area contributed by atoms with Crippen LogP contribution in [0.1, 0.15) is 33.2 Å². The summed E-state index contributed by atoms with van der Waals surface area (Å²) in [5.74, 6) is 0.481. The zero-order valence-corrected chi connectivity index (χ0v) is 14.2. The summed E-state index contributed by atoms with van der Waals surface area (Å²) in [6, 6.07) is 8.94. The van der Waals surface area contributed by atoms with Gasteiger partial charge < -0.3 is 4.74 Å². The van der Waals surface area contributed by atoms with E-state index in [0.29, 0.717) is 21.5 Å². The molecule has 3 rings (SSSR count). The van der Waals surface area contributed by atoms with Crippen molar-refractivity contribution in [2.45, 2.75) is 13.8 Å². The van der Waals surface area contributed by atoms with Crippen LogP contribution in [0.15, 0.2) is 30.3 Å². The second-order valence-corrected chi connectivity index (χ2v) is 6.87. The van der Waals surface area contributed by atoms with Gasteiger partial charge in [0.05, 0.1) is 26.6 Å². The SMILES string of the molecule is CCOc1ccc2nc(NC(=O)c3ccc(C(C)=O)s3)sc2c1. The molecule has 0 unspecified atom stereocenters. The number of aromatic nitrogens is 1.